The molecule has 1 unspecified atom stereocenters. The van der Waals surface area contributed by atoms with Crippen molar-refractivity contribution in [2.24, 2.45) is 0 Å². The number of imide groups is 2. The molecule has 0 bridgehead atoms. The summed E-state index contributed by atoms with van der Waals surface area (Å²) in [4.78, 5) is 42.1. The molecule has 2 aromatic rings. The summed E-state index contributed by atoms with van der Waals surface area (Å²) in [6.07, 6.45) is 1.75. The Balaban J connectivity index is 1.54. The molecule has 0 aromatic heterocycles. The third-order valence-electron chi connectivity index (χ3n) is 5.80. The first-order valence-corrected chi connectivity index (χ1v) is 10.2. The lowest BCUT2D eigenvalue weighted by atomic mass is 10.0. The molecule has 0 spiro atoms. The number of methoxy groups -OCH3 is 2. The molecule has 2 fully saturated rings. The van der Waals surface area contributed by atoms with Gasteiger partial charge in [-0.25, -0.2) is 9.69 Å². The lowest BCUT2D eigenvalue weighted by Gasteiger charge is -2.29. The first kappa shape index (κ1) is 20.9. The monoisotopic (exact) mass is 423 g/mol. The van der Waals surface area contributed by atoms with Crippen LogP contribution < -0.4 is 9.47 Å². The van der Waals surface area contributed by atoms with Gasteiger partial charge in [0.15, 0.2) is 0 Å². The number of amides is 4. The third kappa shape index (κ3) is 3.98. The second kappa shape index (κ2) is 8.77. The number of rotatable bonds is 7. The zero-order chi connectivity index (χ0) is 22.0. The van der Waals surface area contributed by atoms with Crippen LogP contribution in [0, 0.1) is 0 Å². The molecular formula is C23H25N3O5. The van der Waals surface area contributed by atoms with Gasteiger partial charge in [0.2, 0.25) is 0 Å². The van der Waals surface area contributed by atoms with Crippen LogP contribution in [-0.4, -0.2) is 60.0 Å². The third-order valence-corrected chi connectivity index (χ3v) is 5.80. The van der Waals surface area contributed by atoms with Crippen LogP contribution in [0.15, 0.2) is 48.5 Å². The van der Waals surface area contributed by atoms with Gasteiger partial charge in [0.05, 0.1) is 27.4 Å². The normalized spacial score (nSPS) is 19.4. The Morgan fingerprint density at radius 3 is 2.39 bits per heavy atom. The molecule has 2 aromatic carbocycles. The quantitative estimate of drug-likeness (QED) is 0.503. The Labute approximate surface area is 180 Å². The summed E-state index contributed by atoms with van der Waals surface area (Å²) in [5, 5.41) is 0. The van der Waals surface area contributed by atoms with Crippen molar-refractivity contribution in [2.75, 3.05) is 27.4 Å². The lowest BCUT2D eigenvalue weighted by Crippen LogP contribution is -2.42. The standard InChI is InChI=1S/C23H25N3O5/c1-30-17-10-11-20(31-2)18(13-17)19-9-6-12-24(19)15-26-22(28)21(27)25(23(26)29)14-16-7-4-3-5-8-16/h3-5,7-8,10-11,13,19H,6,9,12,14-15H2,1-2H3. The fraction of sp³-hybridized carbons (Fsp3) is 0.348. The van der Waals surface area contributed by atoms with Gasteiger partial charge >= 0.3 is 17.8 Å². The zero-order valence-corrected chi connectivity index (χ0v) is 17.6. The number of carbonyl (C=O) groups excluding carboxylic acids is 3. The van der Waals surface area contributed by atoms with Crippen LogP contribution in [0.25, 0.3) is 0 Å². The molecule has 2 saturated heterocycles. The van der Waals surface area contributed by atoms with Crippen molar-refractivity contribution in [3.8, 4) is 11.5 Å². The van der Waals surface area contributed by atoms with E-state index in [1.54, 1.807) is 14.2 Å². The molecule has 0 aliphatic carbocycles. The Hall–Kier alpha value is -3.39. The molecule has 2 heterocycles. The van der Waals surface area contributed by atoms with Gasteiger partial charge in [0, 0.05) is 18.2 Å². The average molecular weight is 423 g/mol. The molecule has 0 radical (unpaired) electrons. The molecule has 8 heteroatoms. The van der Waals surface area contributed by atoms with E-state index in [9.17, 15) is 14.4 Å². The van der Waals surface area contributed by atoms with Gasteiger partial charge in [-0.2, -0.15) is 0 Å². The summed E-state index contributed by atoms with van der Waals surface area (Å²) in [6.45, 7) is 0.836. The van der Waals surface area contributed by atoms with Crippen molar-refractivity contribution in [3.05, 3.63) is 59.7 Å². The van der Waals surface area contributed by atoms with E-state index in [1.807, 2.05) is 53.4 Å². The van der Waals surface area contributed by atoms with Gasteiger partial charge in [-0.3, -0.25) is 19.4 Å². The summed E-state index contributed by atoms with van der Waals surface area (Å²) < 4.78 is 10.9. The highest BCUT2D eigenvalue weighted by atomic mass is 16.5. The molecule has 0 N–H and O–H groups in total. The van der Waals surface area contributed by atoms with Crippen LogP contribution in [0.2, 0.25) is 0 Å². The summed E-state index contributed by atoms with van der Waals surface area (Å²) in [6, 6.07) is 14.1. The summed E-state index contributed by atoms with van der Waals surface area (Å²) in [5.41, 5.74) is 1.73. The van der Waals surface area contributed by atoms with Gasteiger partial charge in [0.1, 0.15) is 11.5 Å². The molecule has 31 heavy (non-hydrogen) atoms. The second-order valence-corrected chi connectivity index (χ2v) is 7.61. The molecule has 162 valence electrons. The molecule has 0 saturated carbocycles. The summed E-state index contributed by atoms with van der Waals surface area (Å²) in [5.74, 6) is -0.147. The molecule has 8 nitrogen and oxygen atoms in total. The number of likely N-dealkylation sites (tertiary alicyclic amines) is 1. The topological polar surface area (TPSA) is 79.4 Å². The van der Waals surface area contributed by atoms with E-state index in [0.717, 1.165) is 39.5 Å². The van der Waals surface area contributed by atoms with E-state index >= 15 is 0 Å². The Morgan fingerprint density at radius 1 is 0.935 bits per heavy atom. The number of ether oxygens (including phenoxy) is 2. The Morgan fingerprint density at radius 2 is 1.68 bits per heavy atom. The van der Waals surface area contributed by atoms with E-state index in [4.69, 9.17) is 9.47 Å². The maximum Gasteiger partial charge on any atom is 0.335 e. The second-order valence-electron chi connectivity index (χ2n) is 7.61. The van der Waals surface area contributed by atoms with Crippen LogP contribution in [0.3, 0.4) is 0 Å². The number of hydrogen-bond acceptors (Lipinski definition) is 6. The molecule has 4 amide bonds. The largest absolute Gasteiger partial charge is 0.497 e. The van der Waals surface area contributed by atoms with Crippen molar-refractivity contribution in [3.63, 3.8) is 0 Å². The Bertz CT molecular complexity index is 994. The van der Waals surface area contributed by atoms with Crippen molar-refractivity contribution in [1.82, 2.24) is 14.7 Å². The zero-order valence-electron chi connectivity index (χ0n) is 17.6. The molecule has 4 rings (SSSR count). The summed E-state index contributed by atoms with van der Waals surface area (Å²) >= 11 is 0. The van der Waals surface area contributed by atoms with Crippen LogP contribution in [0.4, 0.5) is 4.79 Å². The van der Waals surface area contributed by atoms with Crippen molar-refractivity contribution >= 4 is 17.8 Å². The van der Waals surface area contributed by atoms with Crippen LogP contribution in [-0.2, 0) is 16.1 Å². The lowest BCUT2D eigenvalue weighted by molar-refractivity contribution is -0.144. The molecule has 2 aliphatic rings. The SMILES string of the molecule is COc1ccc(OC)c(C2CCCN2CN2C(=O)C(=O)N(Cc3ccccc3)C2=O)c1. The number of urea groups is 1. The summed E-state index contributed by atoms with van der Waals surface area (Å²) in [7, 11) is 3.21. The van der Waals surface area contributed by atoms with Crippen LogP contribution >= 0.6 is 0 Å². The van der Waals surface area contributed by atoms with Gasteiger partial charge < -0.3 is 9.47 Å². The molecular weight excluding hydrogens is 398 g/mol. The maximum absolute atomic E-state index is 12.9. The predicted molar refractivity (Wildman–Crippen MR) is 112 cm³/mol. The number of benzene rings is 2. The number of nitrogens with zero attached hydrogens (tertiary/aromatic N) is 3. The van der Waals surface area contributed by atoms with E-state index in [2.05, 4.69) is 0 Å². The van der Waals surface area contributed by atoms with E-state index in [1.165, 1.54) is 0 Å². The number of hydrogen-bond donors (Lipinski definition) is 0. The highest BCUT2D eigenvalue weighted by Crippen LogP contribution is 2.39. The smallest absolute Gasteiger partial charge is 0.335 e. The molecule has 1 atom stereocenters. The average Bonchev–Trinajstić information content (AvgIpc) is 3.34. The minimum atomic E-state index is -0.788. The van der Waals surface area contributed by atoms with Gasteiger partial charge in [-0.15, -0.1) is 0 Å². The van der Waals surface area contributed by atoms with E-state index in [-0.39, 0.29) is 19.3 Å². The predicted octanol–water partition coefficient (Wildman–Crippen LogP) is 2.79. The first-order valence-electron chi connectivity index (χ1n) is 10.2. The highest BCUT2D eigenvalue weighted by molar-refractivity contribution is 6.44. The maximum atomic E-state index is 12.9. The van der Waals surface area contributed by atoms with Gasteiger partial charge in [0.25, 0.3) is 0 Å². The van der Waals surface area contributed by atoms with Gasteiger partial charge in [-0.05, 0) is 36.6 Å². The van der Waals surface area contributed by atoms with Gasteiger partial charge in [-0.1, -0.05) is 30.3 Å². The fourth-order valence-corrected chi connectivity index (χ4v) is 4.21. The Kier molecular flexibility index (Phi) is 5.90. The van der Waals surface area contributed by atoms with Crippen LogP contribution in [0.1, 0.15) is 30.0 Å². The first-order chi connectivity index (χ1) is 15.0. The van der Waals surface area contributed by atoms with Crippen molar-refractivity contribution in [2.45, 2.75) is 25.4 Å². The van der Waals surface area contributed by atoms with E-state index in [0.29, 0.717) is 12.3 Å². The highest BCUT2D eigenvalue weighted by Gasteiger charge is 2.46. The van der Waals surface area contributed by atoms with Crippen molar-refractivity contribution < 1.29 is 23.9 Å². The fourth-order valence-electron chi connectivity index (χ4n) is 4.21. The number of carbonyl (C=O) groups is 3. The minimum absolute atomic E-state index is 0.0519. The van der Waals surface area contributed by atoms with E-state index < -0.39 is 17.8 Å². The molecule has 2 aliphatic heterocycles. The van der Waals surface area contributed by atoms with Crippen molar-refractivity contribution in [1.29, 1.82) is 0 Å². The van der Waals surface area contributed by atoms with Crippen LogP contribution in [0.5, 0.6) is 11.5 Å². The minimum Gasteiger partial charge on any atom is -0.497 e.